The number of pyridine rings is 1. The van der Waals surface area contributed by atoms with Crippen LogP contribution in [0.4, 0.5) is 43.9 Å². The number of aliphatic hydroxyl groups is 1. The number of aromatic nitrogens is 1. The number of ether oxygens (including phenoxy) is 1. The van der Waals surface area contributed by atoms with Crippen molar-refractivity contribution < 1.29 is 63.3 Å². The molecule has 0 spiro atoms. The zero-order valence-corrected chi connectivity index (χ0v) is 31.7. The summed E-state index contributed by atoms with van der Waals surface area (Å²) < 4.78 is 122. The van der Waals surface area contributed by atoms with Crippen molar-refractivity contribution in [1.29, 1.82) is 0 Å². The van der Waals surface area contributed by atoms with Crippen molar-refractivity contribution in [3.8, 4) is 0 Å². The highest BCUT2D eigenvalue weighted by Gasteiger charge is 2.49. The standard InChI is InChI=1S/C13H15F2NOS.C12H12F2N2S.C7H9N.C4F6O3/c1-2-13(18)16-7-9(5-12(16)17)8-3-10(14)6-11(15)4-8;1-15-12(17)16-3-2-8(7-16)9-4-10(13)6-11(14)5-9;1-6-4-3-5-7(2)8-6;5-3(6,7)1(11)13-2(12)4(8,9)10/h3-4,6,9,12,17H,2,5,7H2,1H3;2-6,8H,7H2,1H3,(H,15,17);3-5H,1-2H3;. The Morgan fingerprint density at radius 3 is 1.70 bits per heavy atom. The predicted octanol–water partition coefficient (Wildman–Crippen LogP) is 8.07. The monoisotopic (exact) mass is 842 g/mol. The van der Waals surface area contributed by atoms with Crippen molar-refractivity contribution >= 4 is 46.5 Å². The summed E-state index contributed by atoms with van der Waals surface area (Å²) in [4.78, 5) is 27.7. The van der Waals surface area contributed by atoms with E-state index >= 15 is 0 Å². The van der Waals surface area contributed by atoms with Gasteiger partial charge in [-0.15, -0.1) is 0 Å². The first-order valence-corrected chi connectivity index (χ1v) is 17.1. The Morgan fingerprint density at radius 2 is 1.30 bits per heavy atom. The van der Waals surface area contributed by atoms with E-state index in [0.29, 0.717) is 47.2 Å². The van der Waals surface area contributed by atoms with E-state index in [-0.39, 0.29) is 11.8 Å². The van der Waals surface area contributed by atoms with Gasteiger partial charge in [-0.1, -0.05) is 31.3 Å². The minimum absolute atomic E-state index is 0.0356. The normalized spacial score (nSPS) is 17.4. The molecule has 5 rings (SSSR count). The number of aliphatic hydroxyl groups excluding tert-OH is 1. The Balaban J connectivity index is 0.000000267. The minimum atomic E-state index is -5.62. The Morgan fingerprint density at radius 1 is 0.839 bits per heavy atom. The molecule has 2 aromatic carbocycles. The maximum Gasteiger partial charge on any atom is 0.491 e. The molecule has 2 aliphatic heterocycles. The van der Waals surface area contributed by atoms with E-state index < -0.39 is 53.8 Å². The largest absolute Gasteiger partial charge is 0.491 e. The SMILES string of the molecule is CCC(=S)N1CC(c2cc(F)cc(F)c2)CC1O.CNC(=S)N1C=CC(c2cc(F)cc(F)c2)C1.Cc1cccc(C)n1.O=C(OC(=O)C(F)(F)F)C(F)(F)F. The Hall–Kier alpha value is -4.69. The fourth-order valence-corrected chi connectivity index (χ4v) is 5.39. The van der Waals surface area contributed by atoms with Crippen LogP contribution in [-0.4, -0.2) is 80.6 Å². The summed E-state index contributed by atoms with van der Waals surface area (Å²) in [6, 6.07) is 13.1. The van der Waals surface area contributed by atoms with Crippen LogP contribution in [0.15, 0.2) is 66.9 Å². The number of halogens is 10. The van der Waals surface area contributed by atoms with Gasteiger partial charge in [0.05, 0.1) is 4.99 Å². The molecule has 1 saturated heterocycles. The number of thiocarbonyl (C=S) groups is 2. The Labute approximate surface area is 326 Å². The molecule has 8 nitrogen and oxygen atoms in total. The van der Waals surface area contributed by atoms with Gasteiger partial charge in [-0.25, -0.2) is 27.2 Å². The number of carbonyl (C=O) groups excluding carboxylic acids is 2. The van der Waals surface area contributed by atoms with Crippen molar-refractivity contribution in [2.45, 2.75) is 64.0 Å². The summed E-state index contributed by atoms with van der Waals surface area (Å²) in [5, 5.41) is 13.4. The van der Waals surface area contributed by atoms with Crippen molar-refractivity contribution in [3.05, 3.63) is 113 Å². The second-order valence-electron chi connectivity index (χ2n) is 12.0. The number of rotatable bonds is 3. The number of hydrogen-bond acceptors (Lipinski definition) is 7. The van der Waals surface area contributed by atoms with Gasteiger partial charge >= 0.3 is 24.3 Å². The first-order valence-electron chi connectivity index (χ1n) is 16.3. The number of esters is 2. The van der Waals surface area contributed by atoms with Crippen LogP contribution in [0.1, 0.15) is 54.1 Å². The molecule has 2 N–H and O–H groups in total. The van der Waals surface area contributed by atoms with E-state index in [9.17, 15) is 58.6 Å². The summed E-state index contributed by atoms with van der Waals surface area (Å²) in [5.74, 6) is -8.80. The van der Waals surface area contributed by atoms with Crippen LogP contribution in [0.5, 0.6) is 0 Å². The summed E-state index contributed by atoms with van der Waals surface area (Å²) in [6.07, 6.45) is -7.07. The molecule has 0 aliphatic carbocycles. The smallest absolute Gasteiger partial charge is 0.380 e. The van der Waals surface area contributed by atoms with Crippen LogP contribution >= 0.6 is 24.4 Å². The highest BCUT2D eigenvalue weighted by Crippen LogP contribution is 2.32. The number of likely N-dealkylation sites (tertiary alicyclic amines) is 1. The second kappa shape index (κ2) is 21.0. The zero-order chi connectivity index (χ0) is 42.5. The van der Waals surface area contributed by atoms with Crippen LogP contribution in [0, 0.1) is 37.1 Å². The number of alkyl halides is 6. The first-order chi connectivity index (χ1) is 25.9. The molecule has 0 radical (unpaired) electrons. The molecular formula is C36H36F10N4O4S2. The second-order valence-corrected chi connectivity index (χ2v) is 12.8. The molecule has 0 bridgehead atoms. The molecule has 1 aromatic heterocycles. The third-order valence-electron chi connectivity index (χ3n) is 7.61. The Bertz CT molecular complexity index is 1800. The van der Waals surface area contributed by atoms with E-state index in [1.165, 1.54) is 24.3 Å². The van der Waals surface area contributed by atoms with Crippen LogP contribution in [0.25, 0.3) is 0 Å². The molecule has 2 aliphatic rings. The predicted molar refractivity (Wildman–Crippen MR) is 193 cm³/mol. The number of nitrogens with one attached hydrogen (secondary N) is 1. The highest BCUT2D eigenvalue weighted by atomic mass is 32.1. The van der Waals surface area contributed by atoms with Gasteiger partial charge in [-0.3, -0.25) is 4.98 Å². The maximum absolute atomic E-state index is 13.2. The number of carbonyl (C=O) groups is 2. The van der Waals surface area contributed by atoms with Gasteiger partial charge in [-0.05, 0) is 80.0 Å². The molecule has 3 unspecified atom stereocenters. The molecular weight excluding hydrogens is 807 g/mol. The number of nitrogens with zero attached hydrogens (tertiary/aromatic N) is 3. The quantitative estimate of drug-likeness (QED) is 0.117. The summed E-state index contributed by atoms with van der Waals surface area (Å²) in [6.45, 7) is 7.02. The van der Waals surface area contributed by atoms with E-state index in [0.717, 1.165) is 23.5 Å². The van der Waals surface area contributed by atoms with Gasteiger partial charge in [0.2, 0.25) is 0 Å². The van der Waals surface area contributed by atoms with E-state index in [1.54, 1.807) is 11.9 Å². The third kappa shape index (κ3) is 15.4. The fourth-order valence-electron chi connectivity index (χ4n) is 5.06. The van der Waals surface area contributed by atoms with Crippen LogP contribution < -0.4 is 5.32 Å². The average Bonchev–Trinajstić information content (AvgIpc) is 3.74. The molecule has 0 amide bonds. The average molecular weight is 843 g/mol. The van der Waals surface area contributed by atoms with Crippen molar-refractivity contribution in [2.75, 3.05) is 20.1 Å². The van der Waals surface area contributed by atoms with E-state index in [4.69, 9.17) is 24.4 Å². The van der Waals surface area contributed by atoms with Crippen molar-refractivity contribution in [1.82, 2.24) is 20.1 Å². The highest BCUT2D eigenvalue weighted by molar-refractivity contribution is 7.80. The maximum atomic E-state index is 13.2. The topological polar surface area (TPSA) is 95.0 Å². The van der Waals surface area contributed by atoms with E-state index in [1.807, 2.05) is 56.1 Å². The van der Waals surface area contributed by atoms with Gasteiger partial charge in [0, 0.05) is 68.1 Å². The van der Waals surface area contributed by atoms with Gasteiger partial charge < -0.3 is 25.0 Å². The van der Waals surface area contributed by atoms with Gasteiger partial charge in [0.15, 0.2) is 5.11 Å². The van der Waals surface area contributed by atoms with Crippen molar-refractivity contribution in [2.24, 2.45) is 0 Å². The van der Waals surface area contributed by atoms with Crippen LogP contribution in [0.3, 0.4) is 0 Å². The third-order valence-corrected chi connectivity index (χ3v) is 8.57. The lowest BCUT2D eigenvalue weighted by atomic mass is 9.98. The molecule has 1 fully saturated rings. The minimum Gasteiger partial charge on any atom is -0.380 e. The first kappa shape index (κ1) is 47.5. The summed E-state index contributed by atoms with van der Waals surface area (Å²) in [7, 11) is 1.74. The molecule has 3 atom stereocenters. The summed E-state index contributed by atoms with van der Waals surface area (Å²) in [5.41, 5.74) is 3.38. The van der Waals surface area contributed by atoms with Crippen molar-refractivity contribution in [3.63, 3.8) is 0 Å². The molecule has 0 saturated carbocycles. The number of aryl methyl sites for hydroxylation is 2. The molecule has 3 heterocycles. The Kier molecular flexibility index (Phi) is 17.8. The molecule has 3 aromatic rings. The van der Waals surface area contributed by atoms with Crippen LogP contribution in [-0.2, 0) is 14.3 Å². The number of hydrogen-bond donors (Lipinski definition) is 2. The lowest BCUT2D eigenvalue weighted by Crippen LogP contribution is -2.34. The number of benzene rings is 2. The van der Waals surface area contributed by atoms with Crippen LogP contribution in [0.2, 0.25) is 0 Å². The molecule has 306 valence electrons. The van der Waals surface area contributed by atoms with E-state index in [2.05, 4.69) is 15.0 Å². The zero-order valence-electron chi connectivity index (χ0n) is 30.0. The molecule has 20 heteroatoms. The lowest BCUT2D eigenvalue weighted by Gasteiger charge is -2.22. The molecule has 56 heavy (non-hydrogen) atoms. The van der Waals surface area contributed by atoms with Gasteiger partial charge in [-0.2, -0.15) is 26.3 Å². The fraction of sp³-hybridized carbons (Fsp3) is 0.361. The summed E-state index contributed by atoms with van der Waals surface area (Å²) >= 11 is 10.2. The van der Waals surface area contributed by atoms with Gasteiger partial charge in [0.25, 0.3) is 0 Å². The lowest BCUT2D eigenvalue weighted by molar-refractivity contribution is -0.221. The van der Waals surface area contributed by atoms with Gasteiger partial charge in [0.1, 0.15) is 29.5 Å².